The molecule has 14 heteroatoms. The molecule has 0 aliphatic rings. The van der Waals surface area contributed by atoms with Gasteiger partial charge in [0.1, 0.15) is 6.54 Å². The summed E-state index contributed by atoms with van der Waals surface area (Å²) >= 11 is 5.56. The summed E-state index contributed by atoms with van der Waals surface area (Å²) in [5, 5.41) is 1.92. The summed E-state index contributed by atoms with van der Waals surface area (Å²) in [6.45, 7) is 3.15. The van der Waals surface area contributed by atoms with Crippen LogP contribution in [-0.4, -0.2) is 35.5 Å². The second-order valence-electron chi connectivity index (χ2n) is 8.41. The van der Waals surface area contributed by atoms with E-state index in [0.717, 1.165) is 46.0 Å². The average Bonchev–Trinajstić information content (AvgIpc) is 2.79. The predicted molar refractivity (Wildman–Crippen MR) is 140 cm³/mol. The summed E-state index contributed by atoms with van der Waals surface area (Å²) in [5.41, 5.74) is 0.749. The molecule has 0 radical (unpaired) electrons. The summed E-state index contributed by atoms with van der Waals surface area (Å²) < 4.78 is 92.2. The number of halogens is 4. The molecule has 1 amide bonds. The molecule has 3 aromatic rings. The van der Waals surface area contributed by atoms with Gasteiger partial charge in [-0.25, -0.2) is 16.8 Å². The molecule has 3 rings (SSSR count). The van der Waals surface area contributed by atoms with Crippen LogP contribution in [-0.2, 0) is 31.0 Å². The molecule has 0 saturated heterocycles. The van der Waals surface area contributed by atoms with E-state index in [1.54, 1.807) is 18.2 Å². The second-order valence-corrected chi connectivity index (χ2v) is 12.4. The number of hydrogen-bond acceptors (Lipinski definition) is 5. The largest absolute Gasteiger partial charge is 0.417 e. The average molecular weight is 590 g/mol. The number of carbonyl (C=O) groups excluding carboxylic acids is 1. The first-order valence-electron chi connectivity index (χ1n) is 10.8. The number of rotatable bonds is 8. The molecule has 0 fully saturated rings. The molecule has 0 unspecified atom stereocenters. The molecule has 0 aliphatic heterocycles. The number of nitrogens with zero attached hydrogens (tertiary/aromatic N) is 1. The van der Waals surface area contributed by atoms with Crippen molar-refractivity contribution in [2.45, 2.75) is 24.9 Å². The zero-order valence-corrected chi connectivity index (χ0v) is 22.7. The van der Waals surface area contributed by atoms with E-state index in [2.05, 4.69) is 10.0 Å². The van der Waals surface area contributed by atoms with Crippen molar-refractivity contribution in [2.24, 2.45) is 0 Å². The number of sulfonamides is 2. The lowest BCUT2D eigenvalue weighted by atomic mass is 10.1. The smallest absolute Gasteiger partial charge is 0.325 e. The van der Waals surface area contributed by atoms with Gasteiger partial charge in [0.05, 0.1) is 27.4 Å². The van der Waals surface area contributed by atoms with Gasteiger partial charge in [-0.1, -0.05) is 17.7 Å². The summed E-state index contributed by atoms with van der Waals surface area (Å²) in [5.74, 6) is -0.678. The third kappa shape index (κ3) is 7.17. The highest BCUT2D eigenvalue weighted by atomic mass is 35.5. The van der Waals surface area contributed by atoms with Crippen LogP contribution in [0.2, 0.25) is 5.02 Å². The Bertz CT molecular complexity index is 1580. The third-order valence-electron chi connectivity index (χ3n) is 5.44. The highest BCUT2D eigenvalue weighted by Gasteiger charge is 2.33. The maximum atomic E-state index is 13.1. The third-order valence-corrected chi connectivity index (χ3v) is 8.31. The number of carbonyl (C=O) groups is 1. The molecule has 0 spiro atoms. The number of anilines is 3. The van der Waals surface area contributed by atoms with Gasteiger partial charge in [0.25, 0.3) is 10.0 Å². The number of benzene rings is 3. The fourth-order valence-electron chi connectivity index (χ4n) is 3.35. The van der Waals surface area contributed by atoms with Gasteiger partial charge in [0.15, 0.2) is 0 Å². The van der Waals surface area contributed by atoms with Crippen molar-refractivity contribution in [1.82, 2.24) is 0 Å². The van der Waals surface area contributed by atoms with Crippen LogP contribution in [0, 0.1) is 13.8 Å². The zero-order valence-electron chi connectivity index (χ0n) is 20.3. The normalized spacial score (nSPS) is 12.2. The summed E-state index contributed by atoms with van der Waals surface area (Å²) in [7, 11) is -8.08. The Hall–Kier alpha value is -3.29. The molecule has 3 aromatic carbocycles. The fourth-order valence-corrected chi connectivity index (χ4v) is 5.47. The van der Waals surface area contributed by atoms with Crippen molar-refractivity contribution in [3.05, 3.63) is 82.4 Å². The first-order valence-corrected chi connectivity index (χ1v) is 14.5. The summed E-state index contributed by atoms with van der Waals surface area (Å²) in [4.78, 5) is 12.3. The van der Waals surface area contributed by atoms with Crippen molar-refractivity contribution < 1.29 is 34.8 Å². The molecule has 2 N–H and O–H groups in total. The van der Waals surface area contributed by atoms with Crippen molar-refractivity contribution in [1.29, 1.82) is 0 Å². The zero-order chi connectivity index (χ0) is 28.5. The highest BCUT2D eigenvalue weighted by molar-refractivity contribution is 7.92. The molecule has 0 saturated carbocycles. The Labute approximate surface area is 223 Å². The molecule has 0 bridgehead atoms. The molecule has 204 valence electrons. The lowest BCUT2D eigenvalue weighted by Gasteiger charge is -2.22. The Morgan fingerprint density at radius 1 is 0.895 bits per heavy atom. The van der Waals surface area contributed by atoms with Crippen LogP contribution in [0.15, 0.2) is 65.6 Å². The first-order chi connectivity index (χ1) is 17.5. The summed E-state index contributed by atoms with van der Waals surface area (Å²) in [6, 6.07) is 12.4. The van der Waals surface area contributed by atoms with Crippen molar-refractivity contribution in [2.75, 3.05) is 27.1 Å². The number of hydrogen-bond donors (Lipinski definition) is 2. The van der Waals surface area contributed by atoms with Gasteiger partial charge < -0.3 is 5.32 Å². The number of alkyl halides is 3. The maximum absolute atomic E-state index is 13.1. The minimum Gasteiger partial charge on any atom is -0.325 e. The van der Waals surface area contributed by atoms with Crippen molar-refractivity contribution >= 4 is 54.6 Å². The molecule has 0 aliphatic carbocycles. The lowest BCUT2D eigenvalue weighted by molar-refractivity contribution is -0.137. The standard InChI is InChI=1S/C24H23ClF3N3O5S2/c1-15-4-8-19(12-16(15)2)31(37(3,33)34)14-23(32)29-17-5-9-20(10-6-17)38(35,36)30-18-7-11-22(25)21(13-18)24(26,27)28/h4-13,30H,14H2,1-3H3,(H,29,32). The highest BCUT2D eigenvalue weighted by Crippen LogP contribution is 2.36. The minimum absolute atomic E-state index is 0.174. The Kier molecular flexibility index (Phi) is 8.34. The minimum atomic E-state index is -4.77. The van der Waals surface area contributed by atoms with E-state index in [-0.39, 0.29) is 16.3 Å². The number of nitrogens with one attached hydrogen (secondary N) is 2. The monoisotopic (exact) mass is 589 g/mol. The van der Waals surface area contributed by atoms with Gasteiger partial charge in [0.2, 0.25) is 15.9 Å². The van der Waals surface area contributed by atoms with E-state index in [4.69, 9.17) is 11.6 Å². The molecule has 0 aromatic heterocycles. The molecule has 0 heterocycles. The fraction of sp³-hybridized carbons (Fsp3) is 0.208. The van der Waals surface area contributed by atoms with Crippen LogP contribution < -0.4 is 14.3 Å². The first kappa shape index (κ1) is 29.3. The Morgan fingerprint density at radius 2 is 1.50 bits per heavy atom. The van der Waals surface area contributed by atoms with E-state index < -0.39 is 49.3 Å². The van der Waals surface area contributed by atoms with Gasteiger partial charge in [-0.15, -0.1) is 0 Å². The SMILES string of the molecule is Cc1ccc(N(CC(=O)Nc2ccc(S(=O)(=O)Nc3ccc(Cl)c(C(F)(F)F)c3)cc2)S(C)(=O)=O)cc1C. The predicted octanol–water partition coefficient (Wildman–Crippen LogP) is 5.18. The van der Waals surface area contributed by atoms with Crippen molar-refractivity contribution in [3.63, 3.8) is 0 Å². The molecular weight excluding hydrogens is 567 g/mol. The van der Waals surface area contributed by atoms with Crippen LogP contribution in [0.3, 0.4) is 0 Å². The van der Waals surface area contributed by atoms with E-state index in [0.29, 0.717) is 11.8 Å². The van der Waals surface area contributed by atoms with Gasteiger partial charge in [-0.2, -0.15) is 13.2 Å². The van der Waals surface area contributed by atoms with Gasteiger partial charge in [-0.05, 0) is 79.6 Å². The van der Waals surface area contributed by atoms with E-state index in [9.17, 15) is 34.8 Å². The molecular formula is C24H23ClF3N3O5S2. The van der Waals surface area contributed by atoms with Gasteiger partial charge >= 0.3 is 6.18 Å². The number of amides is 1. The van der Waals surface area contributed by atoms with Crippen LogP contribution in [0.4, 0.5) is 30.2 Å². The summed E-state index contributed by atoms with van der Waals surface area (Å²) in [6.07, 6.45) is -3.80. The quantitative estimate of drug-likeness (QED) is 0.376. The maximum Gasteiger partial charge on any atom is 0.417 e. The van der Waals surface area contributed by atoms with E-state index in [1.165, 1.54) is 12.1 Å². The molecule has 38 heavy (non-hydrogen) atoms. The lowest BCUT2D eigenvalue weighted by Crippen LogP contribution is -2.37. The van der Waals surface area contributed by atoms with Crippen LogP contribution in [0.25, 0.3) is 0 Å². The van der Waals surface area contributed by atoms with Gasteiger partial charge in [-0.3, -0.25) is 13.8 Å². The van der Waals surface area contributed by atoms with E-state index >= 15 is 0 Å². The molecule has 8 nitrogen and oxygen atoms in total. The second kappa shape index (κ2) is 10.8. The molecule has 0 atom stereocenters. The number of aryl methyl sites for hydroxylation is 2. The Balaban J connectivity index is 1.74. The van der Waals surface area contributed by atoms with Crippen LogP contribution in [0.1, 0.15) is 16.7 Å². The Morgan fingerprint density at radius 3 is 2.05 bits per heavy atom. The van der Waals surface area contributed by atoms with E-state index in [1.807, 2.05) is 13.8 Å². The van der Waals surface area contributed by atoms with Crippen LogP contribution in [0.5, 0.6) is 0 Å². The van der Waals surface area contributed by atoms with Gasteiger partial charge in [0, 0.05) is 11.4 Å². The topological polar surface area (TPSA) is 113 Å². The van der Waals surface area contributed by atoms with Crippen LogP contribution >= 0.6 is 11.6 Å². The van der Waals surface area contributed by atoms with Crippen molar-refractivity contribution in [3.8, 4) is 0 Å².